The lowest BCUT2D eigenvalue weighted by molar-refractivity contribution is -0.0121. The predicted molar refractivity (Wildman–Crippen MR) is 77.9 cm³/mol. The van der Waals surface area contributed by atoms with Crippen LogP contribution in [-0.2, 0) is 24.1 Å². The van der Waals surface area contributed by atoms with E-state index in [-0.39, 0.29) is 6.10 Å². The fourth-order valence-electron chi connectivity index (χ4n) is 3.04. The molecule has 4 nitrogen and oxygen atoms in total. The van der Waals surface area contributed by atoms with Crippen LogP contribution in [0.4, 0.5) is 0 Å². The number of rotatable bonds is 4. The maximum Gasteiger partial charge on any atom is 0.218 e. The van der Waals surface area contributed by atoms with Crippen LogP contribution in [0.3, 0.4) is 0 Å². The normalized spacial score (nSPS) is 22.4. The lowest BCUT2D eigenvalue weighted by atomic mass is 9.95. The molecular weight excluding hydrogens is 252 g/mol. The predicted octanol–water partition coefficient (Wildman–Crippen LogP) is 2.37. The molecule has 2 N–H and O–H groups in total. The first-order valence-corrected chi connectivity index (χ1v) is 7.83. The maximum atomic E-state index is 5.92. The van der Waals surface area contributed by atoms with Crippen LogP contribution >= 0.6 is 0 Å². The van der Waals surface area contributed by atoms with Crippen LogP contribution < -0.4 is 10.5 Å². The van der Waals surface area contributed by atoms with E-state index in [1.165, 1.54) is 36.9 Å². The van der Waals surface area contributed by atoms with Gasteiger partial charge in [0.1, 0.15) is 6.61 Å². The smallest absolute Gasteiger partial charge is 0.218 e. The Morgan fingerprint density at radius 1 is 1.25 bits per heavy atom. The van der Waals surface area contributed by atoms with Gasteiger partial charge >= 0.3 is 0 Å². The standard InChI is InChI=1S/C16H24N2O2/c17-10-13-9-12-5-1-2-7-15(12)18-16(13)20-11-14-6-3-4-8-19-14/h9,14H,1-8,10-11,17H2. The third-order valence-corrected chi connectivity index (χ3v) is 4.24. The number of nitrogens with two attached hydrogens (primary N) is 1. The van der Waals surface area contributed by atoms with Gasteiger partial charge in [-0.25, -0.2) is 4.98 Å². The largest absolute Gasteiger partial charge is 0.475 e. The minimum Gasteiger partial charge on any atom is -0.475 e. The quantitative estimate of drug-likeness (QED) is 0.917. The Morgan fingerprint density at radius 2 is 2.15 bits per heavy atom. The van der Waals surface area contributed by atoms with E-state index in [2.05, 4.69) is 6.07 Å². The van der Waals surface area contributed by atoms with E-state index >= 15 is 0 Å². The monoisotopic (exact) mass is 276 g/mol. The molecule has 2 aliphatic rings. The molecule has 0 radical (unpaired) electrons. The Bertz CT molecular complexity index is 456. The molecule has 1 fully saturated rings. The summed E-state index contributed by atoms with van der Waals surface area (Å²) in [6.45, 7) is 1.94. The highest BCUT2D eigenvalue weighted by Gasteiger charge is 2.18. The number of hydrogen-bond acceptors (Lipinski definition) is 4. The molecule has 110 valence electrons. The summed E-state index contributed by atoms with van der Waals surface area (Å²) >= 11 is 0. The molecule has 1 atom stereocenters. The highest BCUT2D eigenvalue weighted by molar-refractivity contribution is 5.35. The summed E-state index contributed by atoms with van der Waals surface area (Å²) in [4.78, 5) is 4.71. The van der Waals surface area contributed by atoms with Gasteiger partial charge in [0.05, 0.1) is 6.10 Å². The molecule has 3 rings (SSSR count). The molecule has 0 amide bonds. The fraction of sp³-hybridized carbons (Fsp3) is 0.688. The first-order chi connectivity index (χ1) is 9.86. The van der Waals surface area contributed by atoms with E-state index in [9.17, 15) is 0 Å². The third kappa shape index (κ3) is 3.13. The Hall–Kier alpha value is -1.13. The highest BCUT2D eigenvalue weighted by atomic mass is 16.5. The van der Waals surface area contributed by atoms with Gasteiger partial charge < -0.3 is 15.2 Å². The van der Waals surface area contributed by atoms with Gasteiger partial charge in [0.2, 0.25) is 5.88 Å². The SMILES string of the molecule is NCc1cc2c(nc1OCC1CCCCO1)CCCC2. The van der Waals surface area contributed by atoms with Crippen molar-refractivity contribution in [1.82, 2.24) is 4.98 Å². The summed E-state index contributed by atoms with van der Waals surface area (Å²) in [6.07, 6.45) is 8.38. The molecule has 4 heteroatoms. The lowest BCUT2D eigenvalue weighted by Gasteiger charge is -2.24. The summed E-state index contributed by atoms with van der Waals surface area (Å²) < 4.78 is 11.6. The van der Waals surface area contributed by atoms with Crippen molar-refractivity contribution in [3.63, 3.8) is 0 Å². The molecule has 0 saturated carbocycles. The first kappa shape index (κ1) is 13.8. The molecule has 1 aromatic heterocycles. The van der Waals surface area contributed by atoms with E-state index in [4.69, 9.17) is 20.2 Å². The van der Waals surface area contributed by atoms with Crippen molar-refractivity contribution in [3.8, 4) is 5.88 Å². The van der Waals surface area contributed by atoms with Crippen LogP contribution in [0.15, 0.2) is 6.07 Å². The van der Waals surface area contributed by atoms with Crippen LogP contribution in [-0.4, -0.2) is 24.3 Å². The van der Waals surface area contributed by atoms with Gasteiger partial charge in [0.15, 0.2) is 0 Å². The zero-order valence-corrected chi connectivity index (χ0v) is 12.1. The number of nitrogens with zero attached hydrogens (tertiary/aromatic N) is 1. The molecule has 0 aromatic carbocycles. The average Bonchev–Trinajstić information content (AvgIpc) is 2.53. The summed E-state index contributed by atoms with van der Waals surface area (Å²) in [5, 5.41) is 0. The van der Waals surface area contributed by atoms with Crippen molar-refractivity contribution in [1.29, 1.82) is 0 Å². The Balaban J connectivity index is 1.70. The fourth-order valence-corrected chi connectivity index (χ4v) is 3.04. The Kier molecular flexibility index (Phi) is 4.53. The molecule has 1 aliphatic carbocycles. The van der Waals surface area contributed by atoms with Gasteiger partial charge in [-0.15, -0.1) is 0 Å². The number of fused-ring (bicyclic) bond motifs is 1. The molecule has 1 unspecified atom stereocenters. The highest BCUT2D eigenvalue weighted by Crippen LogP contribution is 2.26. The molecule has 0 spiro atoms. The average molecular weight is 276 g/mol. The van der Waals surface area contributed by atoms with E-state index in [0.29, 0.717) is 13.2 Å². The van der Waals surface area contributed by atoms with Crippen LogP contribution in [0.25, 0.3) is 0 Å². The molecule has 20 heavy (non-hydrogen) atoms. The minimum atomic E-state index is 0.215. The van der Waals surface area contributed by atoms with E-state index in [1.54, 1.807) is 0 Å². The number of ether oxygens (including phenoxy) is 2. The molecule has 1 aromatic rings. The summed E-state index contributed by atoms with van der Waals surface area (Å²) in [5.74, 6) is 0.724. The molecule has 2 heterocycles. The van der Waals surface area contributed by atoms with Gasteiger partial charge in [-0.2, -0.15) is 0 Å². The summed E-state index contributed by atoms with van der Waals surface area (Å²) in [5.41, 5.74) is 9.43. The summed E-state index contributed by atoms with van der Waals surface area (Å²) in [7, 11) is 0. The van der Waals surface area contributed by atoms with Gasteiger partial charge in [0.25, 0.3) is 0 Å². The van der Waals surface area contributed by atoms with E-state index < -0.39 is 0 Å². The summed E-state index contributed by atoms with van der Waals surface area (Å²) in [6, 6.07) is 2.19. The number of pyridine rings is 1. The van der Waals surface area contributed by atoms with Crippen LogP contribution in [0.1, 0.15) is 48.9 Å². The van der Waals surface area contributed by atoms with Crippen molar-refractivity contribution >= 4 is 0 Å². The van der Waals surface area contributed by atoms with Gasteiger partial charge in [-0.3, -0.25) is 0 Å². The second kappa shape index (κ2) is 6.55. The van der Waals surface area contributed by atoms with Crippen molar-refractivity contribution < 1.29 is 9.47 Å². The van der Waals surface area contributed by atoms with Gasteiger partial charge in [0, 0.05) is 24.4 Å². The lowest BCUT2D eigenvalue weighted by Crippen LogP contribution is -2.26. The Morgan fingerprint density at radius 3 is 2.95 bits per heavy atom. The van der Waals surface area contributed by atoms with Crippen molar-refractivity contribution in [2.24, 2.45) is 5.73 Å². The van der Waals surface area contributed by atoms with Crippen LogP contribution in [0.5, 0.6) is 5.88 Å². The van der Waals surface area contributed by atoms with Crippen molar-refractivity contribution in [2.75, 3.05) is 13.2 Å². The van der Waals surface area contributed by atoms with Crippen LogP contribution in [0, 0.1) is 0 Å². The van der Waals surface area contributed by atoms with E-state index in [0.717, 1.165) is 37.3 Å². The molecular formula is C16H24N2O2. The van der Waals surface area contributed by atoms with Crippen LogP contribution in [0.2, 0.25) is 0 Å². The topological polar surface area (TPSA) is 57.4 Å². The second-order valence-corrected chi connectivity index (χ2v) is 5.77. The zero-order chi connectivity index (χ0) is 13.8. The number of hydrogen-bond donors (Lipinski definition) is 1. The molecule has 1 aliphatic heterocycles. The minimum absolute atomic E-state index is 0.215. The van der Waals surface area contributed by atoms with E-state index in [1.807, 2.05) is 0 Å². The first-order valence-electron chi connectivity index (χ1n) is 7.83. The maximum absolute atomic E-state index is 5.92. The van der Waals surface area contributed by atoms with Gasteiger partial charge in [-0.05, 0) is 56.6 Å². The van der Waals surface area contributed by atoms with Crippen molar-refractivity contribution in [2.45, 2.75) is 57.6 Å². The van der Waals surface area contributed by atoms with Crippen molar-refractivity contribution in [3.05, 3.63) is 22.9 Å². The molecule has 1 saturated heterocycles. The third-order valence-electron chi connectivity index (χ3n) is 4.24. The zero-order valence-electron chi connectivity index (χ0n) is 12.1. The molecule has 0 bridgehead atoms. The van der Waals surface area contributed by atoms with Gasteiger partial charge in [-0.1, -0.05) is 0 Å². The second-order valence-electron chi connectivity index (χ2n) is 5.77. The number of aromatic nitrogens is 1. The Labute approximate surface area is 120 Å². The number of aryl methyl sites for hydroxylation is 2.